The Hall–Kier alpha value is -4.56. The lowest BCUT2D eigenvalue weighted by atomic mass is 10.0. The highest BCUT2D eigenvalue weighted by Crippen LogP contribution is 2.21. The minimum Gasteiger partial charge on any atom is -0.391 e. The molecular formula is C36H46ClFN6O7. The first-order valence-electron chi connectivity index (χ1n) is 17.3. The van der Waals surface area contributed by atoms with E-state index in [-0.39, 0.29) is 42.3 Å². The van der Waals surface area contributed by atoms with Gasteiger partial charge >= 0.3 is 0 Å². The predicted octanol–water partition coefficient (Wildman–Crippen LogP) is 1.29. The van der Waals surface area contributed by atoms with Gasteiger partial charge in [0.1, 0.15) is 36.0 Å². The van der Waals surface area contributed by atoms with Crippen LogP contribution in [0, 0.1) is 5.82 Å². The first-order chi connectivity index (χ1) is 24.4. The second-order valence-electron chi connectivity index (χ2n) is 12.9. The highest BCUT2D eigenvalue weighted by molar-refractivity contribution is 6.31. The topological polar surface area (TPSA) is 186 Å². The fourth-order valence-electron chi connectivity index (χ4n) is 6.28. The zero-order valence-electron chi connectivity index (χ0n) is 28.8. The van der Waals surface area contributed by atoms with E-state index >= 15 is 0 Å². The smallest absolute Gasteiger partial charge is 0.246 e. The molecule has 0 radical (unpaired) electrons. The minimum absolute atomic E-state index is 0.0328. The monoisotopic (exact) mass is 728 g/mol. The summed E-state index contributed by atoms with van der Waals surface area (Å²) < 4.78 is 14.4. The minimum atomic E-state index is -1.50. The molecule has 0 spiro atoms. The molecule has 0 unspecified atom stereocenters. The molecule has 6 atom stereocenters. The SMILES string of the molecule is CC[C@@H]1NC(=O)[C@@H](NC(=O)Cc2c(F)cccc2Cl)CCCCNC(=O)[C@@H]2CCCN2C(=O)[C@@H](Cc2ccccc2)NC(=O)[C@H]([C@@H](C)O)NC1=O. The van der Waals surface area contributed by atoms with Crippen LogP contribution in [0.25, 0.3) is 0 Å². The number of carbonyl (C=O) groups excluding carboxylic acids is 6. The maximum Gasteiger partial charge on any atom is 0.246 e. The van der Waals surface area contributed by atoms with E-state index < -0.39 is 78.1 Å². The zero-order valence-corrected chi connectivity index (χ0v) is 29.5. The van der Waals surface area contributed by atoms with Crippen molar-refractivity contribution in [2.45, 2.75) is 102 Å². The molecule has 2 aromatic carbocycles. The first kappa shape index (κ1) is 39.2. The van der Waals surface area contributed by atoms with Gasteiger partial charge in [-0.15, -0.1) is 0 Å². The van der Waals surface area contributed by atoms with Gasteiger partial charge in [-0.2, -0.15) is 0 Å². The molecule has 6 N–H and O–H groups in total. The number of nitrogens with one attached hydrogen (secondary N) is 5. The molecule has 2 fully saturated rings. The van der Waals surface area contributed by atoms with Crippen LogP contribution in [0.5, 0.6) is 0 Å². The summed E-state index contributed by atoms with van der Waals surface area (Å²) in [6, 6.07) is 7.34. The van der Waals surface area contributed by atoms with E-state index in [0.717, 1.165) is 5.56 Å². The Kier molecular flexibility index (Phi) is 14.3. The van der Waals surface area contributed by atoms with E-state index in [9.17, 15) is 38.3 Å². The molecule has 4 rings (SSSR count). The van der Waals surface area contributed by atoms with Crippen molar-refractivity contribution >= 4 is 47.0 Å². The number of hydrogen-bond acceptors (Lipinski definition) is 7. The van der Waals surface area contributed by atoms with Crippen molar-refractivity contribution in [2.24, 2.45) is 0 Å². The highest BCUT2D eigenvalue weighted by atomic mass is 35.5. The summed E-state index contributed by atoms with van der Waals surface area (Å²) in [6.45, 7) is 3.47. The van der Waals surface area contributed by atoms with Crippen LogP contribution in [0.1, 0.15) is 63.5 Å². The number of halogens is 2. The summed E-state index contributed by atoms with van der Waals surface area (Å²) in [6.07, 6.45) is 0.272. The van der Waals surface area contributed by atoms with Gasteiger partial charge in [-0.25, -0.2) is 4.39 Å². The standard InChI is InChI=1S/C36H46ClFN6O7/c1-3-26-32(47)43-31(21(2)45)35(50)42-28(19-22-11-5-4-6-12-22)36(51)44-18-10-16-29(44)34(49)39-17-8-7-15-27(33(48)41-26)40-30(46)20-23-24(37)13-9-14-25(23)38/h4-6,9,11-14,21,26-29,31,45H,3,7-8,10,15-20H2,1-2H3,(H,39,49)(H,40,46)(H,41,48)(H,42,50)(H,43,47)/t21-,26+,27+,28-,29+,31+/m1/s1. The number of fused-ring (bicyclic) bond motifs is 1. The Morgan fingerprint density at radius 3 is 2.33 bits per heavy atom. The Bertz CT molecular complexity index is 1560. The molecule has 2 saturated heterocycles. The van der Waals surface area contributed by atoms with Crippen molar-refractivity contribution in [2.75, 3.05) is 13.1 Å². The average Bonchev–Trinajstić information content (AvgIpc) is 3.60. The number of amides is 6. The van der Waals surface area contributed by atoms with E-state index in [4.69, 9.17) is 11.6 Å². The molecule has 2 aliphatic rings. The second kappa shape index (κ2) is 18.6. The third kappa shape index (κ3) is 10.7. The van der Waals surface area contributed by atoms with E-state index in [1.807, 2.05) is 6.07 Å². The molecule has 276 valence electrons. The molecule has 0 bridgehead atoms. The van der Waals surface area contributed by atoms with Gasteiger partial charge in [0.05, 0.1) is 12.5 Å². The molecule has 2 aliphatic heterocycles. The maximum atomic E-state index is 14.4. The van der Waals surface area contributed by atoms with Crippen molar-refractivity contribution in [1.82, 2.24) is 31.5 Å². The predicted molar refractivity (Wildman–Crippen MR) is 187 cm³/mol. The van der Waals surface area contributed by atoms with E-state index in [0.29, 0.717) is 32.2 Å². The van der Waals surface area contributed by atoms with Crippen molar-refractivity contribution in [3.63, 3.8) is 0 Å². The zero-order chi connectivity index (χ0) is 37.1. The lowest BCUT2D eigenvalue weighted by Gasteiger charge is -2.30. The van der Waals surface area contributed by atoms with Crippen LogP contribution < -0.4 is 26.6 Å². The maximum absolute atomic E-state index is 14.4. The number of aliphatic hydroxyl groups is 1. The molecular weight excluding hydrogens is 683 g/mol. The fourth-order valence-corrected chi connectivity index (χ4v) is 6.51. The first-order valence-corrected chi connectivity index (χ1v) is 17.7. The van der Waals surface area contributed by atoms with Gasteiger partial charge in [-0.1, -0.05) is 54.9 Å². The molecule has 2 aromatic rings. The third-order valence-corrected chi connectivity index (χ3v) is 9.46. The van der Waals surface area contributed by atoms with Crippen LogP contribution in [0.3, 0.4) is 0 Å². The number of hydrogen-bond donors (Lipinski definition) is 6. The summed E-state index contributed by atoms with van der Waals surface area (Å²) in [5.41, 5.74) is 0.717. The van der Waals surface area contributed by atoms with Gasteiger partial charge in [0.2, 0.25) is 35.4 Å². The van der Waals surface area contributed by atoms with Crippen LogP contribution in [0.4, 0.5) is 4.39 Å². The number of nitrogens with zero attached hydrogens (tertiary/aromatic N) is 1. The van der Waals surface area contributed by atoms with Gasteiger partial charge in [-0.3, -0.25) is 28.8 Å². The molecule has 51 heavy (non-hydrogen) atoms. The lowest BCUT2D eigenvalue weighted by Crippen LogP contribution is -2.61. The largest absolute Gasteiger partial charge is 0.391 e. The summed E-state index contributed by atoms with van der Waals surface area (Å²) >= 11 is 6.10. The molecule has 13 nitrogen and oxygen atoms in total. The van der Waals surface area contributed by atoms with Gasteiger partial charge in [-0.05, 0) is 63.1 Å². The summed E-state index contributed by atoms with van der Waals surface area (Å²) in [7, 11) is 0. The van der Waals surface area contributed by atoms with Crippen molar-refractivity contribution in [3.8, 4) is 0 Å². The molecule has 6 amide bonds. The molecule has 15 heteroatoms. The van der Waals surface area contributed by atoms with Crippen molar-refractivity contribution in [3.05, 3.63) is 70.5 Å². The summed E-state index contributed by atoms with van der Waals surface area (Å²) in [5.74, 6) is -4.46. The third-order valence-electron chi connectivity index (χ3n) is 9.11. The Morgan fingerprint density at radius 2 is 1.65 bits per heavy atom. The fraction of sp³-hybridized carbons (Fsp3) is 0.500. The number of aliphatic hydroxyl groups excluding tert-OH is 1. The van der Waals surface area contributed by atoms with E-state index in [2.05, 4.69) is 26.6 Å². The number of carbonyl (C=O) groups is 6. The Labute approximate surface area is 301 Å². The van der Waals surface area contributed by atoms with Crippen molar-refractivity contribution < 1.29 is 38.3 Å². The van der Waals surface area contributed by atoms with Crippen LogP contribution in [-0.4, -0.2) is 94.9 Å². The van der Waals surface area contributed by atoms with Gasteiger partial charge in [0.25, 0.3) is 0 Å². The van der Waals surface area contributed by atoms with Gasteiger partial charge in [0.15, 0.2) is 0 Å². The van der Waals surface area contributed by atoms with Crippen LogP contribution >= 0.6 is 11.6 Å². The van der Waals surface area contributed by atoms with Crippen LogP contribution in [0.2, 0.25) is 5.02 Å². The molecule has 0 aromatic heterocycles. The number of benzene rings is 2. The Balaban J connectivity index is 1.59. The van der Waals surface area contributed by atoms with Gasteiger partial charge < -0.3 is 36.6 Å². The molecule has 0 aliphatic carbocycles. The average molecular weight is 729 g/mol. The normalized spacial score (nSPS) is 24.8. The second-order valence-corrected chi connectivity index (χ2v) is 13.3. The molecule has 0 saturated carbocycles. The van der Waals surface area contributed by atoms with Crippen LogP contribution in [-0.2, 0) is 41.6 Å². The molecule has 2 heterocycles. The van der Waals surface area contributed by atoms with Crippen molar-refractivity contribution in [1.29, 1.82) is 0 Å². The quantitative estimate of drug-likeness (QED) is 0.248. The summed E-state index contributed by atoms with van der Waals surface area (Å²) in [4.78, 5) is 82.5. The summed E-state index contributed by atoms with van der Waals surface area (Å²) in [5, 5.41) is 24.0. The van der Waals surface area contributed by atoms with Crippen LogP contribution in [0.15, 0.2) is 48.5 Å². The number of rotatable bonds is 7. The highest BCUT2D eigenvalue weighted by Gasteiger charge is 2.39. The van der Waals surface area contributed by atoms with Gasteiger partial charge in [0, 0.05) is 30.1 Å². The Morgan fingerprint density at radius 1 is 0.922 bits per heavy atom. The lowest BCUT2D eigenvalue weighted by molar-refractivity contribution is -0.142. The van der Waals surface area contributed by atoms with E-state index in [1.165, 1.54) is 30.0 Å². The van der Waals surface area contributed by atoms with E-state index in [1.54, 1.807) is 31.2 Å².